The third-order valence-electron chi connectivity index (χ3n) is 4.22. The third-order valence-corrected chi connectivity index (χ3v) is 4.22. The molecular weight excluding hydrogens is 258 g/mol. The Kier molecular flexibility index (Phi) is 4.30. The average molecular weight is 285 g/mol. The molecule has 5 nitrogen and oxygen atoms in total. The molecule has 1 unspecified atom stereocenters. The predicted octanol–water partition coefficient (Wildman–Crippen LogP) is 2.32. The highest BCUT2D eigenvalue weighted by molar-refractivity contribution is 5.70. The molecule has 1 N–H and O–H groups in total. The number of aliphatic hydroxyl groups excluding tert-OH is 1. The van der Waals surface area contributed by atoms with Crippen LogP contribution in [0.15, 0.2) is 0 Å². The van der Waals surface area contributed by atoms with E-state index in [1.54, 1.807) is 7.11 Å². The van der Waals surface area contributed by atoms with E-state index in [2.05, 4.69) is 0 Å². The van der Waals surface area contributed by atoms with E-state index in [1.165, 1.54) is 0 Å². The molecule has 2 rings (SSSR count). The number of amides is 1. The highest BCUT2D eigenvalue weighted by Crippen LogP contribution is 2.43. The molecule has 0 aromatic heterocycles. The SMILES string of the molecule is COC[C@@]12CCCC(C[C@H](O)C1)N2C(=O)OC(C)(C)C. The van der Waals surface area contributed by atoms with Gasteiger partial charge in [0.1, 0.15) is 5.60 Å². The summed E-state index contributed by atoms with van der Waals surface area (Å²) in [5.41, 5.74) is -0.909. The summed E-state index contributed by atoms with van der Waals surface area (Å²) in [4.78, 5) is 14.4. The van der Waals surface area contributed by atoms with Gasteiger partial charge < -0.3 is 14.6 Å². The lowest BCUT2D eigenvalue weighted by molar-refractivity contribution is -0.112. The number of rotatable bonds is 2. The van der Waals surface area contributed by atoms with Crippen LogP contribution in [-0.2, 0) is 9.47 Å². The second-order valence-electron chi connectivity index (χ2n) is 7.15. The van der Waals surface area contributed by atoms with Crippen molar-refractivity contribution in [1.82, 2.24) is 4.90 Å². The van der Waals surface area contributed by atoms with Crippen LogP contribution in [-0.4, -0.2) is 53.1 Å². The van der Waals surface area contributed by atoms with E-state index in [4.69, 9.17) is 9.47 Å². The third kappa shape index (κ3) is 3.09. The summed E-state index contributed by atoms with van der Waals surface area (Å²) in [7, 11) is 1.65. The Morgan fingerprint density at radius 3 is 2.75 bits per heavy atom. The number of aliphatic hydroxyl groups is 1. The molecule has 3 atom stereocenters. The van der Waals surface area contributed by atoms with Gasteiger partial charge in [0.15, 0.2) is 0 Å². The number of nitrogens with zero attached hydrogens (tertiary/aromatic N) is 1. The van der Waals surface area contributed by atoms with Crippen LogP contribution in [0.5, 0.6) is 0 Å². The first kappa shape index (κ1) is 15.6. The summed E-state index contributed by atoms with van der Waals surface area (Å²) in [5.74, 6) is 0. The lowest BCUT2D eigenvalue weighted by Gasteiger charge is -2.55. The van der Waals surface area contributed by atoms with Crippen molar-refractivity contribution in [2.75, 3.05) is 13.7 Å². The molecule has 1 amide bonds. The first-order valence-corrected chi connectivity index (χ1v) is 7.47. The summed E-state index contributed by atoms with van der Waals surface area (Å²) in [6, 6.07) is 0.0671. The highest BCUT2D eigenvalue weighted by atomic mass is 16.6. The van der Waals surface area contributed by atoms with E-state index in [0.29, 0.717) is 19.4 Å². The zero-order chi connectivity index (χ0) is 15.0. The molecule has 2 heterocycles. The first-order chi connectivity index (χ1) is 9.27. The van der Waals surface area contributed by atoms with Gasteiger partial charge in [0, 0.05) is 13.2 Å². The maximum absolute atomic E-state index is 12.6. The zero-order valence-corrected chi connectivity index (χ0v) is 13.0. The minimum Gasteiger partial charge on any atom is -0.444 e. The van der Waals surface area contributed by atoms with Gasteiger partial charge in [-0.3, -0.25) is 4.90 Å². The van der Waals surface area contributed by atoms with Crippen LogP contribution >= 0.6 is 0 Å². The Bertz CT molecular complexity index is 361. The molecule has 2 fully saturated rings. The van der Waals surface area contributed by atoms with E-state index in [-0.39, 0.29) is 18.2 Å². The maximum atomic E-state index is 12.6. The van der Waals surface area contributed by atoms with Crippen LogP contribution < -0.4 is 0 Å². The predicted molar refractivity (Wildman–Crippen MR) is 75.6 cm³/mol. The molecule has 2 aliphatic rings. The smallest absolute Gasteiger partial charge is 0.411 e. The van der Waals surface area contributed by atoms with Crippen molar-refractivity contribution in [2.45, 2.75) is 76.2 Å². The van der Waals surface area contributed by atoms with Crippen molar-refractivity contribution in [3.8, 4) is 0 Å². The Labute approximate surface area is 121 Å². The van der Waals surface area contributed by atoms with E-state index in [1.807, 2.05) is 25.7 Å². The van der Waals surface area contributed by atoms with Crippen molar-refractivity contribution in [2.24, 2.45) is 0 Å². The second kappa shape index (κ2) is 5.53. The van der Waals surface area contributed by atoms with Gasteiger partial charge in [-0.25, -0.2) is 4.79 Å². The van der Waals surface area contributed by atoms with Gasteiger partial charge in [0.05, 0.1) is 18.2 Å². The summed E-state index contributed by atoms with van der Waals surface area (Å²) in [6.45, 7) is 6.09. The van der Waals surface area contributed by atoms with Gasteiger partial charge in [-0.15, -0.1) is 0 Å². The lowest BCUT2D eigenvalue weighted by Crippen LogP contribution is -2.66. The van der Waals surface area contributed by atoms with Gasteiger partial charge in [0.25, 0.3) is 0 Å². The minimum absolute atomic E-state index is 0.0671. The summed E-state index contributed by atoms with van der Waals surface area (Å²) >= 11 is 0. The van der Waals surface area contributed by atoms with Crippen molar-refractivity contribution in [3.05, 3.63) is 0 Å². The number of fused-ring (bicyclic) bond motifs is 2. The molecule has 0 aromatic carbocycles. The fourth-order valence-electron chi connectivity index (χ4n) is 3.69. The van der Waals surface area contributed by atoms with Gasteiger partial charge in [0.2, 0.25) is 0 Å². The Morgan fingerprint density at radius 1 is 1.45 bits per heavy atom. The monoisotopic (exact) mass is 285 g/mol. The van der Waals surface area contributed by atoms with Crippen LogP contribution in [0.1, 0.15) is 52.9 Å². The van der Waals surface area contributed by atoms with Crippen molar-refractivity contribution in [1.29, 1.82) is 0 Å². The quantitative estimate of drug-likeness (QED) is 0.846. The van der Waals surface area contributed by atoms with Crippen LogP contribution in [0.25, 0.3) is 0 Å². The fraction of sp³-hybridized carbons (Fsp3) is 0.933. The fourth-order valence-corrected chi connectivity index (χ4v) is 3.69. The molecule has 116 valence electrons. The van der Waals surface area contributed by atoms with Gasteiger partial charge in [-0.1, -0.05) is 0 Å². The number of hydrogen-bond acceptors (Lipinski definition) is 4. The number of carbonyl (C=O) groups is 1. The van der Waals surface area contributed by atoms with Gasteiger partial charge >= 0.3 is 6.09 Å². The van der Waals surface area contributed by atoms with Crippen molar-refractivity contribution < 1.29 is 19.4 Å². The van der Waals surface area contributed by atoms with E-state index < -0.39 is 11.1 Å². The maximum Gasteiger partial charge on any atom is 0.411 e. The molecule has 0 radical (unpaired) electrons. The molecule has 5 heteroatoms. The molecule has 0 saturated carbocycles. The Hall–Kier alpha value is -0.810. The number of carbonyl (C=O) groups excluding carboxylic acids is 1. The molecule has 2 bridgehead atoms. The highest BCUT2D eigenvalue weighted by Gasteiger charge is 2.52. The molecule has 0 aromatic rings. The normalized spacial score (nSPS) is 34.0. The van der Waals surface area contributed by atoms with Gasteiger partial charge in [-0.05, 0) is 52.9 Å². The second-order valence-corrected chi connectivity index (χ2v) is 7.15. The zero-order valence-electron chi connectivity index (χ0n) is 13.0. The Balaban J connectivity index is 2.25. The molecule has 2 aliphatic heterocycles. The molecule has 20 heavy (non-hydrogen) atoms. The van der Waals surface area contributed by atoms with E-state index in [0.717, 1.165) is 19.3 Å². The number of methoxy groups -OCH3 is 1. The number of ether oxygens (including phenoxy) is 2. The standard InChI is InChI=1S/C15H27NO4/c1-14(2,3)20-13(18)16-11-6-5-7-15(16,10-19-4)9-12(17)8-11/h11-12,17H,5-10H2,1-4H3/t11?,12-,15+/m0/s1. The molecular formula is C15H27NO4. The molecule has 2 saturated heterocycles. The van der Waals surface area contributed by atoms with Crippen LogP contribution in [0, 0.1) is 0 Å². The van der Waals surface area contributed by atoms with E-state index >= 15 is 0 Å². The van der Waals surface area contributed by atoms with Crippen molar-refractivity contribution >= 4 is 6.09 Å². The minimum atomic E-state index is -0.504. The lowest BCUT2D eigenvalue weighted by atomic mass is 9.73. The summed E-state index contributed by atoms with van der Waals surface area (Å²) in [6.07, 6.45) is 3.47. The summed E-state index contributed by atoms with van der Waals surface area (Å²) in [5, 5.41) is 10.1. The van der Waals surface area contributed by atoms with Crippen LogP contribution in [0.2, 0.25) is 0 Å². The average Bonchev–Trinajstić information content (AvgIpc) is 2.24. The molecule has 0 aliphatic carbocycles. The van der Waals surface area contributed by atoms with E-state index in [9.17, 15) is 9.90 Å². The first-order valence-electron chi connectivity index (χ1n) is 7.47. The number of hydrogen-bond donors (Lipinski definition) is 1. The van der Waals surface area contributed by atoms with Gasteiger partial charge in [-0.2, -0.15) is 0 Å². The largest absolute Gasteiger partial charge is 0.444 e. The Morgan fingerprint density at radius 2 is 2.15 bits per heavy atom. The van der Waals surface area contributed by atoms with Crippen LogP contribution in [0.4, 0.5) is 4.79 Å². The van der Waals surface area contributed by atoms with Crippen molar-refractivity contribution in [3.63, 3.8) is 0 Å². The number of piperidine rings is 2. The topological polar surface area (TPSA) is 59.0 Å². The molecule has 0 spiro atoms. The summed E-state index contributed by atoms with van der Waals surface area (Å²) < 4.78 is 10.9. The van der Waals surface area contributed by atoms with Crippen LogP contribution in [0.3, 0.4) is 0 Å².